The van der Waals surface area contributed by atoms with E-state index < -0.39 is 23.9 Å². The van der Waals surface area contributed by atoms with E-state index in [0.717, 1.165) is 28.8 Å². The van der Waals surface area contributed by atoms with Crippen LogP contribution in [0.3, 0.4) is 0 Å². The highest BCUT2D eigenvalue weighted by molar-refractivity contribution is 5.84. The highest BCUT2D eigenvalue weighted by Gasteiger charge is 2.33. The SMILES string of the molecule is O=C(O)CN1CCN(CC(=O)N2CCc3c(n(Cc4ccc(OC(F)(F)F)c(F)c4)c4ncccc34)C2)CC1. The lowest BCUT2D eigenvalue weighted by Crippen LogP contribution is -2.51. The van der Waals surface area contributed by atoms with Crippen LogP contribution in [0, 0.1) is 5.82 Å². The Morgan fingerprint density at radius 2 is 1.74 bits per heavy atom. The molecule has 4 heterocycles. The van der Waals surface area contributed by atoms with E-state index in [2.05, 4.69) is 9.72 Å². The van der Waals surface area contributed by atoms with E-state index in [1.165, 1.54) is 6.07 Å². The summed E-state index contributed by atoms with van der Waals surface area (Å²) in [6, 6.07) is 7.10. The van der Waals surface area contributed by atoms with Crippen molar-refractivity contribution in [3.63, 3.8) is 0 Å². The smallest absolute Gasteiger partial charge is 0.480 e. The molecule has 3 aromatic rings. The minimum atomic E-state index is -5.00. The second kappa shape index (κ2) is 10.8. The number of rotatable bonds is 7. The Kier molecular flexibility index (Phi) is 7.45. The third-order valence-electron chi connectivity index (χ3n) is 7.11. The van der Waals surface area contributed by atoms with Crippen LogP contribution in [0.2, 0.25) is 0 Å². The molecule has 208 valence electrons. The van der Waals surface area contributed by atoms with Gasteiger partial charge in [-0.05, 0) is 41.8 Å². The van der Waals surface area contributed by atoms with E-state index in [-0.39, 0.29) is 25.5 Å². The molecule has 1 fully saturated rings. The highest BCUT2D eigenvalue weighted by atomic mass is 19.4. The number of fused-ring (bicyclic) bond motifs is 3. The summed E-state index contributed by atoms with van der Waals surface area (Å²) in [4.78, 5) is 34.3. The van der Waals surface area contributed by atoms with Crippen LogP contribution in [0.5, 0.6) is 5.75 Å². The Hall–Kier alpha value is -3.71. The molecule has 2 aliphatic rings. The molecule has 0 saturated carbocycles. The van der Waals surface area contributed by atoms with Gasteiger partial charge in [0, 0.05) is 56.5 Å². The van der Waals surface area contributed by atoms with Crippen molar-refractivity contribution in [3.8, 4) is 5.75 Å². The molecule has 0 radical (unpaired) electrons. The molecule has 13 heteroatoms. The van der Waals surface area contributed by atoms with Crippen LogP contribution in [0.15, 0.2) is 36.5 Å². The van der Waals surface area contributed by atoms with E-state index in [1.807, 2.05) is 26.5 Å². The monoisotopic (exact) mass is 549 g/mol. The first-order valence-electron chi connectivity index (χ1n) is 12.5. The van der Waals surface area contributed by atoms with Crippen LogP contribution in [0.4, 0.5) is 17.6 Å². The first kappa shape index (κ1) is 26.9. The van der Waals surface area contributed by atoms with Crippen LogP contribution in [-0.4, -0.2) is 93.4 Å². The van der Waals surface area contributed by atoms with Crippen LogP contribution in [0.1, 0.15) is 16.8 Å². The lowest BCUT2D eigenvalue weighted by Gasteiger charge is -2.35. The van der Waals surface area contributed by atoms with Crippen molar-refractivity contribution in [2.24, 2.45) is 0 Å². The van der Waals surface area contributed by atoms with Gasteiger partial charge in [0.15, 0.2) is 11.6 Å². The van der Waals surface area contributed by atoms with Gasteiger partial charge in [0.2, 0.25) is 5.91 Å². The highest BCUT2D eigenvalue weighted by Crippen LogP contribution is 2.32. The lowest BCUT2D eigenvalue weighted by molar-refractivity contribution is -0.275. The molecule has 2 aromatic heterocycles. The summed E-state index contributed by atoms with van der Waals surface area (Å²) in [6.45, 7) is 3.56. The number of piperazine rings is 1. The number of benzene rings is 1. The van der Waals surface area contributed by atoms with Gasteiger partial charge in [-0.2, -0.15) is 0 Å². The summed E-state index contributed by atoms with van der Waals surface area (Å²) in [5, 5.41) is 9.90. The summed E-state index contributed by atoms with van der Waals surface area (Å²) in [5.74, 6) is -2.94. The number of pyridine rings is 1. The Labute approximate surface area is 221 Å². The maximum Gasteiger partial charge on any atom is 0.573 e. The van der Waals surface area contributed by atoms with Gasteiger partial charge in [-0.25, -0.2) is 9.37 Å². The number of carboxylic acid groups (broad SMARTS) is 1. The van der Waals surface area contributed by atoms with Gasteiger partial charge in [0.25, 0.3) is 0 Å². The second-order valence-corrected chi connectivity index (χ2v) is 9.71. The number of carbonyl (C=O) groups is 2. The van der Waals surface area contributed by atoms with E-state index in [4.69, 9.17) is 5.11 Å². The molecule has 1 N–H and O–H groups in total. The number of halogens is 4. The summed E-state index contributed by atoms with van der Waals surface area (Å²) < 4.78 is 57.6. The van der Waals surface area contributed by atoms with Gasteiger partial charge in [-0.1, -0.05) is 6.07 Å². The van der Waals surface area contributed by atoms with Crippen LogP contribution < -0.4 is 4.74 Å². The van der Waals surface area contributed by atoms with E-state index in [9.17, 15) is 27.2 Å². The summed E-state index contributed by atoms with van der Waals surface area (Å²) in [6.07, 6.45) is -2.75. The van der Waals surface area contributed by atoms with Crippen molar-refractivity contribution in [1.29, 1.82) is 0 Å². The van der Waals surface area contributed by atoms with Gasteiger partial charge in [-0.15, -0.1) is 13.2 Å². The summed E-state index contributed by atoms with van der Waals surface area (Å²) in [5.41, 5.74) is 2.98. The Bertz CT molecular complexity index is 1380. The Morgan fingerprint density at radius 3 is 2.41 bits per heavy atom. The fourth-order valence-electron chi connectivity index (χ4n) is 5.26. The molecule has 2 aliphatic heterocycles. The molecule has 39 heavy (non-hydrogen) atoms. The van der Waals surface area contributed by atoms with Gasteiger partial charge in [0.1, 0.15) is 5.65 Å². The number of alkyl halides is 3. The minimum absolute atomic E-state index is 0.0166. The second-order valence-electron chi connectivity index (χ2n) is 9.71. The van der Waals surface area contributed by atoms with E-state index in [0.29, 0.717) is 56.9 Å². The average Bonchev–Trinajstić information content (AvgIpc) is 3.19. The fourth-order valence-corrected chi connectivity index (χ4v) is 5.26. The number of amides is 1. The fraction of sp³-hybridized carbons (Fsp3) is 0.423. The largest absolute Gasteiger partial charge is 0.573 e. The Morgan fingerprint density at radius 1 is 1.03 bits per heavy atom. The predicted octanol–water partition coefficient (Wildman–Crippen LogP) is 2.71. The van der Waals surface area contributed by atoms with Crippen LogP contribution in [0.25, 0.3) is 11.0 Å². The number of carbonyl (C=O) groups excluding carboxylic acids is 1. The number of hydrogen-bond acceptors (Lipinski definition) is 6. The summed E-state index contributed by atoms with van der Waals surface area (Å²) in [7, 11) is 0. The molecule has 1 amide bonds. The number of carboxylic acids is 1. The van der Waals surface area contributed by atoms with E-state index in [1.54, 1.807) is 11.1 Å². The van der Waals surface area contributed by atoms with Crippen LogP contribution in [-0.2, 0) is 29.1 Å². The minimum Gasteiger partial charge on any atom is -0.480 e. The third kappa shape index (κ3) is 6.14. The molecule has 1 saturated heterocycles. The van der Waals surface area contributed by atoms with Gasteiger partial charge >= 0.3 is 12.3 Å². The van der Waals surface area contributed by atoms with Gasteiger partial charge in [-0.3, -0.25) is 19.4 Å². The molecule has 0 unspecified atom stereocenters. The Balaban J connectivity index is 1.33. The quantitative estimate of drug-likeness (QED) is 0.454. The molecule has 0 atom stereocenters. The average molecular weight is 550 g/mol. The number of hydrogen-bond donors (Lipinski definition) is 1. The molecular weight excluding hydrogens is 522 g/mol. The van der Waals surface area contributed by atoms with Gasteiger partial charge < -0.3 is 19.3 Å². The third-order valence-corrected chi connectivity index (χ3v) is 7.11. The topological polar surface area (TPSA) is 91.1 Å². The lowest BCUT2D eigenvalue weighted by atomic mass is 10.0. The zero-order chi connectivity index (χ0) is 27.7. The number of aromatic nitrogens is 2. The number of aliphatic carboxylic acids is 1. The van der Waals surface area contributed by atoms with Gasteiger partial charge in [0.05, 0.1) is 19.6 Å². The number of nitrogens with zero attached hydrogens (tertiary/aromatic N) is 5. The molecule has 1 aromatic carbocycles. The first-order chi connectivity index (χ1) is 18.6. The molecular formula is C26H27F4N5O4. The van der Waals surface area contributed by atoms with Crippen molar-refractivity contribution in [2.45, 2.75) is 25.9 Å². The van der Waals surface area contributed by atoms with Crippen molar-refractivity contribution >= 4 is 22.9 Å². The zero-order valence-electron chi connectivity index (χ0n) is 21.0. The predicted molar refractivity (Wildman–Crippen MR) is 132 cm³/mol. The van der Waals surface area contributed by atoms with Crippen molar-refractivity contribution < 1.29 is 37.0 Å². The van der Waals surface area contributed by atoms with Crippen molar-refractivity contribution in [3.05, 3.63) is 59.2 Å². The van der Waals surface area contributed by atoms with Crippen LogP contribution >= 0.6 is 0 Å². The normalized spacial score (nSPS) is 16.9. The molecule has 5 rings (SSSR count). The number of ether oxygens (including phenoxy) is 1. The summed E-state index contributed by atoms with van der Waals surface area (Å²) >= 11 is 0. The first-order valence-corrected chi connectivity index (χ1v) is 12.5. The molecule has 9 nitrogen and oxygen atoms in total. The van der Waals surface area contributed by atoms with Crippen molar-refractivity contribution in [1.82, 2.24) is 24.3 Å². The maximum atomic E-state index is 14.4. The molecule has 0 spiro atoms. The maximum absolute atomic E-state index is 14.4. The molecule has 0 bridgehead atoms. The standard InChI is InChI=1S/C26H27F4N5O4/c27-20-12-17(3-4-22(20)39-26(28,29)30)13-35-21-14-34(7-5-18(21)19-2-1-6-31-25(19)35)23(36)15-32-8-10-33(11-9-32)16-24(37)38/h1-4,6,12H,5,7-11,13-16H2,(H,37,38). The molecule has 0 aliphatic carbocycles. The van der Waals surface area contributed by atoms with E-state index >= 15 is 0 Å². The van der Waals surface area contributed by atoms with Crippen molar-refractivity contribution in [2.75, 3.05) is 45.8 Å². The zero-order valence-corrected chi connectivity index (χ0v) is 21.0.